The predicted molar refractivity (Wildman–Crippen MR) is 139 cm³/mol. The van der Waals surface area contributed by atoms with Crippen molar-refractivity contribution in [3.63, 3.8) is 0 Å². The number of guanidine groups is 1. The van der Waals surface area contributed by atoms with Gasteiger partial charge in [0.15, 0.2) is 5.78 Å². The van der Waals surface area contributed by atoms with E-state index in [0.717, 1.165) is 42.3 Å². The Labute approximate surface area is 197 Å². The molecule has 0 radical (unpaired) electrons. The van der Waals surface area contributed by atoms with Crippen molar-refractivity contribution >= 4 is 29.7 Å². The summed E-state index contributed by atoms with van der Waals surface area (Å²) in [6.07, 6.45) is 12.2. The van der Waals surface area contributed by atoms with Crippen molar-refractivity contribution in [1.82, 2.24) is 9.80 Å². The predicted octanol–water partition coefficient (Wildman–Crippen LogP) is 6.02. The van der Waals surface area contributed by atoms with Gasteiger partial charge in [-0.1, -0.05) is 38.6 Å². The highest BCUT2D eigenvalue weighted by Crippen LogP contribution is 2.26. The lowest BCUT2D eigenvalue weighted by Gasteiger charge is -2.39. The molecule has 1 aromatic carbocycles. The second-order valence-corrected chi connectivity index (χ2v) is 8.35. The molecule has 1 atom stereocenters. The zero-order chi connectivity index (χ0) is 23.5. The average Bonchev–Trinajstić information content (AvgIpc) is 2.84. The number of carbonyl (C=O) groups excluding carboxylic acids is 1. The van der Waals surface area contributed by atoms with E-state index in [-0.39, 0.29) is 11.7 Å². The van der Waals surface area contributed by atoms with Gasteiger partial charge in [-0.2, -0.15) is 0 Å². The Bertz CT molecular complexity index is 899. The topological polar surface area (TPSA) is 48.3 Å². The van der Waals surface area contributed by atoms with Gasteiger partial charge in [0, 0.05) is 61.0 Å². The number of hydrogen-bond donors (Lipinski definition) is 0. The van der Waals surface area contributed by atoms with Crippen LogP contribution in [0.3, 0.4) is 0 Å². The van der Waals surface area contributed by atoms with Gasteiger partial charge in [0.05, 0.1) is 5.70 Å². The molecule has 5 nitrogen and oxygen atoms in total. The molecule has 172 valence electrons. The second kappa shape index (κ2) is 13.1. The fraction of sp³-hybridized carbons (Fsp3) is 0.423. The van der Waals surface area contributed by atoms with Crippen LogP contribution < -0.4 is 0 Å². The number of likely N-dealkylation sites (tertiary alicyclic amines) is 1. The summed E-state index contributed by atoms with van der Waals surface area (Å²) in [6.45, 7) is 11.6. The molecule has 1 aromatic rings. The Balaban J connectivity index is 0.00000176. The maximum atomic E-state index is 13.1. The molecular formula is C26H36N4OS. The molecule has 1 saturated heterocycles. The largest absolute Gasteiger partial charge is 0.342 e. The van der Waals surface area contributed by atoms with Crippen LogP contribution in [-0.4, -0.2) is 54.2 Å². The Hall–Kier alpha value is -2.60. The van der Waals surface area contributed by atoms with Gasteiger partial charge in [0.2, 0.25) is 5.96 Å². The number of nitrogens with zero attached hydrogens (tertiary/aromatic N) is 4. The van der Waals surface area contributed by atoms with Gasteiger partial charge >= 0.3 is 0 Å². The standard InChI is InChI=1S/C24H30N4OS.C2H6/c1-5-25-14-6-9-21-16-18(2)27(3)24(26-21)28-15-7-8-20(17-28)23(29)19-10-12-22(30-4)13-11-19;1-2/h5-6,10-14,16,20H,2,7-9,15,17H2,1,3-4H3;1-2H3/b14-6-,25-5?;. The molecule has 2 heterocycles. The number of ketones is 1. The summed E-state index contributed by atoms with van der Waals surface area (Å²) >= 11 is 1.69. The third-order valence-corrected chi connectivity index (χ3v) is 6.17. The first-order valence-corrected chi connectivity index (χ1v) is 12.5. The number of allylic oxidation sites excluding steroid dienone is 2. The van der Waals surface area contributed by atoms with Gasteiger partial charge in [-0.3, -0.25) is 9.79 Å². The molecule has 0 aromatic heterocycles. The van der Waals surface area contributed by atoms with Crippen molar-refractivity contribution in [2.75, 3.05) is 26.4 Å². The quantitative estimate of drug-likeness (QED) is 0.301. The summed E-state index contributed by atoms with van der Waals surface area (Å²) in [6, 6.07) is 7.94. The minimum Gasteiger partial charge on any atom is -0.342 e. The Kier molecular flexibility index (Phi) is 10.5. The van der Waals surface area contributed by atoms with Gasteiger partial charge in [-0.25, -0.2) is 4.99 Å². The van der Waals surface area contributed by atoms with Gasteiger partial charge in [0.1, 0.15) is 0 Å². The van der Waals surface area contributed by atoms with Gasteiger partial charge in [-0.15, -0.1) is 11.8 Å². The second-order valence-electron chi connectivity index (χ2n) is 7.47. The number of piperidine rings is 1. The SMILES string of the molecule is C=C1C=C(C/C=C\N=CC)N=C(N2CCCC(C(=O)c3ccc(SC)cc3)C2)N1C.CC. The molecule has 0 spiro atoms. The molecule has 3 rings (SSSR count). The number of carbonyl (C=O) groups is 1. The lowest BCUT2D eigenvalue weighted by Crippen LogP contribution is -2.48. The van der Waals surface area contributed by atoms with E-state index in [1.54, 1.807) is 24.2 Å². The van der Waals surface area contributed by atoms with Crippen LogP contribution in [0.15, 0.2) is 75.5 Å². The number of hydrogen-bond acceptors (Lipinski definition) is 6. The molecule has 2 aliphatic rings. The molecule has 32 heavy (non-hydrogen) atoms. The van der Waals surface area contributed by atoms with Crippen molar-refractivity contribution in [3.8, 4) is 0 Å². The van der Waals surface area contributed by atoms with Crippen LogP contribution in [0.4, 0.5) is 0 Å². The number of benzene rings is 1. The molecule has 0 aliphatic carbocycles. The van der Waals surface area contributed by atoms with E-state index in [4.69, 9.17) is 4.99 Å². The zero-order valence-corrected chi connectivity index (χ0v) is 20.9. The van der Waals surface area contributed by atoms with E-state index in [0.29, 0.717) is 13.0 Å². The molecule has 1 unspecified atom stereocenters. The maximum Gasteiger partial charge on any atom is 0.205 e. The van der Waals surface area contributed by atoms with E-state index in [1.807, 2.05) is 75.4 Å². The monoisotopic (exact) mass is 452 g/mol. The van der Waals surface area contributed by atoms with Crippen LogP contribution in [0.5, 0.6) is 0 Å². The first kappa shape index (κ1) is 25.7. The van der Waals surface area contributed by atoms with Crippen LogP contribution in [0, 0.1) is 5.92 Å². The molecule has 0 saturated carbocycles. The van der Waals surface area contributed by atoms with E-state index in [2.05, 4.69) is 16.5 Å². The Morgan fingerprint density at radius 3 is 2.69 bits per heavy atom. The number of likely N-dealkylation sites (N-methyl/N-ethyl adjacent to an activating group) is 1. The molecule has 0 N–H and O–H groups in total. The Morgan fingerprint density at radius 2 is 2.03 bits per heavy atom. The van der Waals surface area contributed by atoms with E-state index in [1.165, 1.54) is 4.90 Å². The van der Waals surface area contributed by atoms with Crippen LogP contribution in [0.25, 0.3) is 0 Å². The minimum absolute atomic E-state index is 0.0172. The van der Waals surface area contributed by atoms with Crippen molar-refractivity contribution in [2.45, 2.75) is 44.9 Å². The van der Waals surface area contributed by atoms with E-state index < -0.39 is 0 Å². The summed E-state index contributed by atoms with van der Waals surface area (Å²) in [5.41, 5.74) is 2.66. The van der Waals surface area contributed by atoms with Crippen molar-refractivity contribution in [2.24, 2.45) is 15.9 Å². The van der Waals surface area contributed by atoms with Crippen LogP contribution in [0.2, 0.25) is 0 Å². The van der Waals surface area contributed by atoms with Gasteiger partial charge in [0.25, 0.3) is 0 Å². The number of rotatable bonds is 6. The fourth-order valence-corrected chi connectivity index (χ4v) is 4.13. The summed E-state index contributed by atoms with van der Waals surface area (Å²) in [5, 5.41) is 0. The molecule has 6 heteroatoms. The molecule has 0 amide bonds. The van der Waals surface area contributed by atoms with Gasteiger partial charge < -0.3 is 9.80 Å². The lowest BCUT2D eigenvalue weighted by molar-refractivity contribution is 0.0862. The first-order valence-electron chi connectivity index (χ1n) is 11.3. The van der Waals surface area contributed by atoms with Crippen molar-refractivity contribution in [3.05, 3.63) is 66.2 Å². The summed E-state index contributed by atoms with van der Waals surface area (Å²) in [7, 11) is 1.98. The van der Waals surface area contributed by atoms with Crippen molar-refractivity contribution in [1.29, 1.82) is 0 Å². The highest BCUT2D eigenvalue weighted by Gasteiger charge is 2.30. The summed E-state index contributed by atoms with van der Waals surface area (Å²) in [5.74, 6) is 1.08. The molecule has 0 bridgehead atoms. The maximum absolute atomic E-state index is 13.1. The highest BCUT2D eigenvalue weighted by atomic mass is 32.2. The first-order chi connectivity index (χ1) is 15.5. The molecule has 1 fully saturated rings. The number of aliphatic imine (C=N–C) groups is 2. The highest BCUT2D eigenvalue weighted by molar-refractivity contribution is 7.98. The van der Waals surface area contributed by atoms with Crippen LogP contribution >= 0.6 is 11.8 Å². The summed E-state index contributed by atoms with van der Waals surface area (Å²) in [4.78, 5) is 27.5. The Morgan fingerprint density at radius 1 is 1.31 bits per heavy atom. The molecule has 2 aliphatic heterocycles. The van der Waals surface area contributed by atoms with Crippen molar-refractivity contribution < 1.29 is 4.79 Å². The van der Waals surface area contributed by atoms with E-state index >= 15 is 0 Å². The number of Topliss-reactive ketones (excluding diaryl/α,β-unsaturated/α-hetero) is 1. The molecular weight excluding hydrogens is 416 g/mol. The third kappa shape index (κ3) is 6.70. The third-order valence-electron chi connectivity index (χ3n) is 5.42. The average molecular weight is 453 g/mol. The number of thioether (sulfide) groups is 1. The zero-order valence-electron chi connectivity index (χ0n) is 20.0. The normalized spacial score (nSPS) is 19.0. The van der Waals surface area contributed by atoms with Crippen LogP contribution in [0.1, 0.15) is 50.4 Å². The smallest absolute Gasteiger partial charge is 0.205 e. The minimum atomic E-state index is -0.0172. The van der Waals surface area contributed by atoms with Gasteiger partial charge in [-0.05, 0) is 44.2 Å². The van der Waals surface area contributed by atoms with E-state index in [9.17, 15) is 4.79 Å². The van der Waals surface area contributed by atoms with Crippen LogP contribution in [-0.2, 0) is 0 Å². The lowest BCUT2D eigenvalue weighted by atomic mass is 9.90. The fourth-order valence-electron chi connectivity index (χ4n) is 3.72. The summed E-state index contributed by atoms with van der Waals surface area (Å²) < 4.78 is 0.